The van der Waals surface area contributed by atoms with Gasteiger partial charge in [0.1, 0.15) is 18.1 Å². The number of amides is 1. The van der Waals surface area contributed by atoms with Gasteiger partial charge in [-0.05, 0) is 60.5 Å². The molecule has 204 valence electrons. The Bertz CT molecular complexity index is 1440. The van der Waals surface area contributed by atoms with Crippen LogP contribution in [0.4, 0.5) is 13.2 Å². The molecule has 0 saturated heterocycles. The number of alkyl halides is 3. The summed E-state index contributed by atoms with van der Waals surface area (Å²) < 4.78 is 50.1. The molecule has 0 unspecified atom stereocenters. The number of nitrogens with zero attached hydrogens (tertiary/aromatic N) is 1. The van der Waals surface area contributed by atoms with Crippen molar-refractivity contribution in [1.29, 1.82) is 0 Å². The van der Waals surface area contributed by atoms with E-state index in [2.05, 4.69) is 15.8 Å². The van der Waals surface area contributed by atoms with E-state index in [0.29, 0.717) is 23.1 Å². The average Bonchev–Trinajstić information content (AvgIpc) is 3.23. The number of ether oxygens (including phenoxy) is 2. The van der Waals surface area contributed by atoms with Gasteiger partial charge in [0, 0.05) is 23.9 Å². The molecule has 4 aromatic rings. The Kier molecular flexibility index (Phi) is 8.72. The summed E-state index contributed by atoms with van der Waals surface area (Å²) in [6, 6.07) is 21.6. The van der Waals surface area contributed by atoms with E-state index >= 15 is 0 Å². The van der Waals surface area contributed by atoms with Crippen LogP contribution in [0.15, 0.2) is 78.9 Å². The Morgan fingerprint density at radius 2 is 1.69 bits per heavy atom. The molecule has 4 rings (SSSR count). The molecule has 0 atom stereocenters. The summed E-state index contributed by atoms with van der Waals surface area (Å²) in [6.45, 7) is 2.24. The lowest BCUT2D eigenvalue weighted by Gasteiger charge is -2.14. The molecular weight excluding hydrogens is 515 g/mol. The summed E-state index contributed by atoms with van der Waals surface area (Å²) in [6.07, 6.45) is -3.87. The Morgan fingerprint density at radius 1 is 0.923 bits per heavy atom. The summed E-state index contributed by atoms with van der Waals surface area (Å²) >= 11 is 0. The van der Waals surface area contributed by atoms with E-state index in [4.69, 9.17) is 9.57 Å². The molecule has 3 aromatic carbocycles. The zero-order valence-corrected chi connectivity index (χ0v) is 21.0. The molecule has 0 saturated carbocycles. The quantitative estimate of drug-likeness (QED) is 0.238. The van der Waals surface area contributed by atoms with Crippen LogP contribution in [-0.2, 0) is 22.8 Å². The van der Waals surface area contributed by atoms with E-state index in [1.807, 2.05) is 47.9 Å². The van der Waals surface area contributed by atoms with Crippen molar-refractivity contribution in [3.63, 3.8) is 0 Å². The summed E-state index contributed by atoms with van der Waals surface area (Å²) in [5.41, 5.74) is 6.70. The number of hydrogen-bond acceptors (Lipinski definition) is 6. The first-order chi connectivity index (χ1) is 18.7. The number of hydrogen-bond donors (Lipinski definition) is 2. The predicted octanol–water partition coefficient (Wildman–Crippen LogP) is 5.66. The summed E-state index contributed by atoms with van der Waals surface area (Å²) in [5, 5.41) is 0.689. The third-order valence-electron chi connectivity index (χ3n) is 5.64. The molecule has 0 radical (unpaired) electrons. The summed E-state index contributed by atoms with van der Waals surface area (Å²) in [5.74, 6) is -0.691. The third kappa shape index (κ3) is 7.74. The van der Waals surface area contributed by atoms with Crippen molar-refractivity contribution in [1.82, 2.24) is 15.6 Å². The first-order valence-electron chi connectivity index (χ1n) is 12.1. The van der Waals surface area contributed by atoms with Gasteiger partial charge in [-0.1, -0.05) is 42.8 Å². The topological polar surface area (TPSA) is 90.8 Å². The molecule has 1 amide bonds. The summed E-state index contributed by atoms with van der Waals surface area (Å²) in [4.78, 5) is 29.0. The van der Waals surface area contributed by atoms with Gasteiger partial charge in [-0.25, -0.2) is 4.79 Å². The number of benzene rings is 3. The van der Waals surface area contributed by atoms with Gasteiger partial charge in [-0.3, -0.25) is 10.2 Å². The van der Waals surface area contributed by atoms with E-state index in [-0.39, 0.29) is 36.8 Å². The van der Waals surface area contributed by atoms with Gasteiger partial charge in [0.15, 0.2) is 0 Å². The molecule has 1 heterocycles. The minimum atomic E-state index is -4.80. The molecule has 1 aromatic heterocycles. The largest absolute Gasteiger partial charge is 0.573 e. The number of carbonyl (C=O) groups is 2. The van der Waals surface area contributed by atoms with Crippen molar-refractivity contribution in [2.24, 2.45) is 0 Å². The van der Waals surface area contributed by atoms with Gasteiger partial charge >= 0.3 is 12.3 Å². The zero-order valence-electron chi connectivity index (χ0n) is 21.0. The Balaban J connectivity index is 1.59. The molecule has 39 heavy (non-hydrogen) atoms. The number of hydrazine groups is 1. The lowest BCUT2D eigenvalue weighted by atomic mass is 10.1. The Hall–Kier alpha value is -4.51. The molecule has 0 aliphatic carbocycles. The minimum Gasteiger partial charge on any atom is -0.487 e. The minimum absolute atomic E-state index is 0.169. The zero-order chi connectivity index (χ0) is 27.8. The molecule has 8 nitrogen and oxygen atoms in total. The van der Waals surface area contributed by atoms with Crippen LogP contribution in [0.5, 0.6) is 11.5 Å². The van der Waals surface area contributed by atoms with Crippen molar-refractivity contribution in [3.05, 3.63) is 95.7 Å². The van der Waals surface area contributed by atoms with Crippen LogP contribution >= 0.6 is 0 Å². The van der Waals surface area contributed by atoms with Crippen LogP contribution in [0.3, 0.4) is 0 Å². The van der Waals surface area contributed by atoms with Crippen LogP contribution in [0.25, 0.3) is 10.9 Å². The van der Waals surface area contributed by atoms with Crippen LogP contribution < -0.4 is 20.5 Å². The molecule has 0 fully saturated rings. The SMILES string of the molecule is CCCC(=O)NNOC(=O)c1ccc2c(c1)cc(COc1ccccc1)n2Cc1cccc(OC(F)(F)F)c1. The van der Waals surface area contributed by atoms with Gasteiger partial charge in [0.2, 0.25) is 5.91 Å². The average molecular weight is 542 g/mol. The molecule has 11 heteroatoms. The van der Waals surface area contributed by atoms with Crippen molar-refractivity contribution in [2.45, 2.75) is 39.3 Å². The fourth-order valence-electron chi connectivity index (χ4n) is 3.94. The highest BCUT2D eigenvalue weighted by Crippen LogP contribution is 2.27. The smallest absolute Gasteiger partial charge is 0.487 e. The predicted molar refractivity (Wildman–Crippen MR) is 137 cm³/mol. The highest BCUT2D eigenvalue weighted by molar-refractivity contribution is 5.95. The number of para-hydroxylation sites is 1. The number of fused-ring (bicyclic) bond motifs is 1. The van der Waals surface area contributed by atoms with Crippen LogP contribution in [0.2, 0.25) is 0 Å². The lowest BCUT2D eigenvalue weighted by molar-refractivity contribution is -0.274. The van der Waals surface area contributed by atoms with Gasteiger partial charge in [0.25, 0.3) is 0 Å². The number of aromatic nitrogens is 1. The van der Waals surface area contributed by atoms with Gasteiger partial charge in [0.05, 0.1) is 11.3 Å². The molecule has 0 bridgehead atoms. The second-order valence-corrected chi connectivity index (χ2v) is 8.58. The maximum atomic E-state index is 12.7. The van der Waals surface area contributed by atoms with Crippen molar-refractivity contribution in [3.8, 4) is 11.5 Å². The fourth-order valence-corrected chi connectivity index (χ4v) is 3.94. The van der Waals surface area contributed by atoms with E-state index < -0.39 is 12.3 Å². The number of halogens is 3. The summed E-state index contributed by atoms with van der Waals surface area (Å²) in [7, 11) is 0. The fraction of sp³-hybridized carbons (Fsp3) is 0.214. The lowest BCUT2D eigenvalue weighted by Crippen LogP contribution is -2.38. The molecule has 2 N–H and O–H groups in total. The monoisotopic (exact) mass is 541 g/mol. The van der Waals surface area contributed by atoms with E-state index in [0.717, 1.165) is 11.2 Å². The Morgan fingerprint density at radius 3 is 2.44 bits per heavy atom. The highest BCUT2D eigenvalue weighted by atomic mass is 19.4. The van der Waals surface area contributed by atoms with E-state index in [9.17, 15) is 22.8 Å². The Labute approximate surface area is 222 Å². The molecule has 0 aliphatic heterocycles. The van der Waals surface area contributed by atoms with Crippen LogP contribution in [0, 0.1) is 0 Å². The number of nitrogens with one attached hydrogen (secondary N) is 2. The second-order valence-electron chi connectivity index (χ2n) is 8.58. The van der Waals surface area contributed by atoms with Crippen molar-refractivity contribution in [2.75, 3.05) is 0 Å². The van der Waals surface area contributed by atoms with Gasteiger partial charge in [-0.2, -0.15) is 0 Å². The molecular formula is C28H26F3N3O5. The highest BCUT2D eigenvalue weighted by Gasteiger charge is 2.31. The number of rotatable bonds is 11. The van der Waals surface area contributed by atoms with Crippen LogP contribution in [0.1, 0.15) is 41.4 Å². The first-order valence-corrected chi connectivity index (χ1v) is 12.1. The molecule has 0 aliphatic rings. The van der Waals surface area contributed by atoms with Gasteiger partial charge < -0.3 is 18.9 Å². The second kappa shape index (κ2) is 12.4. The van der Waals surface area contributed by atoms with E-state index in [1.165, 1.54) is 18.2 Å². The van der Waals surface area contributed by atoms with Crippen molar-refractivity contribution < 1.29 is 37.1 Å². The van der Waals surface area contributed by atoms with Crippen LogP contribution in [-0.4, -0.2) is 22.8 Å². The third-order valence-corrected chi connectivity index (χ3v) is 5.64. The maximum Gasteiger partial charge on any atom is 0.573 e. The normalized spacial score (nSPS) is 11.3. The maximum absolute atomic E-state index is 12.7. The standard InChI is InChI=1S/C28H26F3N3O5/c1-2-7-26(35)32-33-39-27(36)20-12-13-25-21(15-20)16-22(18-37-23-9-4-3-5-10-23)34(25)17-19-8-6-11-24(14-19)38-28(29,30)31/h3-6,8-16,33H,2,7,17-18H2,1H3,(H,32,35). The van der Waals surface area contributed by atoms with E-state index in [1.54, 1.807) is 24.3 Å². The first kappa shape index (κ1) is 27.5. The number of carbonyl (C=O) groups excluding carboxylic acids is 2. The molecule has 0 spiro atoms. The van der Waals surface area contributed by atoms with Crippen molar-refractivity contribution >= 4 is 22.8 Å². The van der Waals surface area contributed by atoms with Gasteiger partial charge in [-0.15, -0.1) is 13.2 Å².